The Morgan fingerprint density at radius 2 is 2.00 bits per heavy atom. The summed E-state index contributed by atoms with van der Waals surface area (Å²) in [5.74, 6) is -1.03. The van der Waals surface area contributed by atoms with Gasteiger partial charge in [-0.05, 0) is 56.0 Å². The second-order valence-corrected chi connectivity index (χ2v) is 9.00. The van der Waals surface area contributed by atoms with Gasteiger partial charge in [0.1, 0.15) is 17.2 Å². The number of pyridine rings is 1. The number of hydrogen-bond acceptors (Lipinski definition) is 4. The highest BCUT2D eigenvalue weighted by Gasteiger charge is 2.18. The van der Waals surface area contributed by atoms with Gasteiger partial charge in [0, 0.05) is 40.2 Å². The van der Waals surface area contributed by atoms with Crippen molar-refractivity contribution in [2.45, 2.75) is 32.8 Å². The van der Waals surface area contributed by atoms with Crippen LogP contribution in [0.25, 0.3) is 21.6 Å². The fourth-order valence-electron chi connectivity index (χ4n) is 2.87. The lowest BCUT2D eigenvalue weighted by atomic mass is 9.99. The Balaban J connectivity index is 1.80. The number of ether oxygens (including phenoxy) is 1. The zero-order valence-electron chi connectivity index (χ0n) is 16.8. The third kappa shape index (κ3) is 5.55. The van der Waals surface area contributed by atoms with Crippen LogP contribution in [-0.2, 0) is 11.2 Å². The number of amides is 1. The predicted molar refractivity (Wildman–Crippen MR) is 116 cm³/mol. The molecule has 0 aliphatic heterocycles. The van der Waals surface area contributed by atoms with Gasteiger partial charge in [0.25, 0.3) is 0 Å². The zero-order chi connectivity index (χ0) is 21.9. The van der Waals surface area contributed by atoms with E-state index in [9.17, 15) is 13.6 Å². The highest BCUT2D eigenvalue weighted by atomic mass is 35.5. The van der Waals surface area contributed by atoms with Crippen LogP contribution in [0.2, 0.25) is 5.02 Å². The topological polar surface area (TPSA) is 51.2 Å². The summed E-state index contributed by atoms with van der Waals surface area (Å²) in [5, 5.41) is 4.63. The fraction of sp³-hybridized carbons (Fsp3) is 0.273. The van der Waals surface area contributed by atoms with Crippen LogP contribution in [-0.4, -0.2) is 23.2 Å². The maximum Gasteiger partial charge on any atom is 0.407 e. The van der Waals surface area contributed by atoms with E-state index >= 15 is 0 Å². The molecule has 0 radical (unpaired) electrons. The smallest absolute Gasteiger partial charge is 0.407 e. The molecule has 8 heteroatoms. The van der Waals surface area contributed by atoms with Gasteiger partial charge in [-0.15, -0.1) is 11.3 Å². The molecule has 1 N–H and O–H groups in total. The third-order valence-corrected chi connectivity index (χ3v) is 5.19. The van der Waals surface area contributed by atoms with Crippen molar-refractivity contribution in [3.63, 3.8) is 0 Å². The first-order chi connectivity index (χ1) is 14.1. The summed E-state index contributed by atoms with van der Waals surface area (Å²) in [4.78, 5) is 16.6. The van der Waals surface area contributed by atoms with Gasteiger partial charge in [-0.3, -0.25) is 4.98 Å². The van der Waals surface area contributed by atoms with E-state index in [1.54, 1.807) is 32.9 Å². The summed E-state index contributed by atoms with van der Waals surface area (Å²) in [6, 6.07) is 7.75. The minimum absolute atomic E-state index is 0.171. The molecule has 1 amide bonds. The van der Waals surface area contributed by atoms with Gasteiger partial charge in [-0.1, -0.05) is 17.7 Å². The largest absolute Gasteiger partial charge is 0.444 e. The third-order valence-electron chi connectivity index (χ3n) is 4.08. The van der Waals surface area contributed by atoms with Crippen LogP contribution in [0.3, 0.4) is 0 Å². The molecule has 0 fully saturated rings. The van der Waals surface area contributed by atoms with Crippen LogP contribution in [0.5, 0.6) is 0 Å². The van der Waals surface area contributed by atoms with E-state index in [4.69, 9.17) is 16.3 Å². The summed E-state index contributed by atoms with van der Waals surface area (Å²) in [5.41, 5.74) is 0.820. The normalized spacial score (nSPS) is 11.4. The quantitative estimate of drug-likeness (QED) is 0.484. The second-order valence-electron chi connectivity index (χ2n) is 7.62. The number of alkyl carbamates (subject to hydrolysis) is 1. The van der Waals surface area contributed by atoms with E-state index in [1.807, 2.05) is 11.4 Å². The van der Waals surface area contributed by atoms with Crippen molar-refractivity contribution in [3.05, 3.63) is 64.3 Å². The van der Waals surface area contributed by atoms with Gasteiger partial charge < -0.3 is 10.1 Å². The molecule has 0 unspecified atom stereocenters. The van der Waals surface area contributed by atoms with Crippen LogP contribution in [0, 0.1) is 11.6 Å². The average Bonchev–Trinajstić information content (AvgIpc) is 3.15. The fourth-order valence-corrected chi connectivity index (χ4v) is 3.86. The van der Waals surface area contributed by atoms with E-state index in [-0.39, 0.29) is 23.7 Å². The molecule has 0 bridgehead atoms. The lowest BCUT2D eigenvalue weighted by Gasteiger charge is -2.19. The molecule has 0 spiro atoms. The first-order valence-corrected chi connectivity index (χ1v) is 10.5. The van der Waals surface area contributed by atoms with Crippen LogP contribution in [0.15, 0.2) is 41.9 Å². The average molecular weight is 451 g/mol. The van der Waals surface area contributed by atoms with Gasteiger partial charge in [-0.2, -0.15) is 0 Å². The number of nitrogens with one attached hydrogen (secondary N) is 1. The molecule has 1 aromatic carbocycles. The summed E-state index contributed by atoms with van der Waals surface area (Å²) in [6.45, 7) is 5.45. The number of halogens is 3. The SMILES string of the molecule is CC(C)(C)OC(=O)NCCc1ncc(-c2cc(Cl)cc(F)c2-c2cccs2)cc1F. The van der Waals surface area contributed by atoms with E-state index in [2.05, 4.69) is 10.3 Å². The van der Waals surface area contributed by atoms with E-state index in [0.29, 0.717) is 21.6 Å². The molecule has 4 nitrogen and oxygen atoms in total. The van der Waals surface area contributed by atoms with Gasteiger partial charge in [0.05, 0.1) is 5.69 Å². The lowest BCUT2D eigenvalue weighted by Crippen LogP contribution is -2.33. The van der Waals surface area contributed by atoms with E-state index in [1.165, 1.54) is 29.7 Å². The molecule has 0 atom stereocenters. The number of thiophene rings is 1. The Bertz CT molecular complexity index is 1050. The summed E-state index contributed by atoms with van der Waals surface area (Å²) >= 11 is 7.43. The van der Waals surface area contributed by atoms with Crippen molar-refractivity contribution in [2.75, 3.05) is 6.54 Å². The molecule has 2 heterocycles. The van der Waals surface area contributed by atoms with E-state index < -0.39 is 23.3 Å². The molecule has 0 aliphatic rings. The standard InChI is InChI=1S/C22H21ClF2N2O2S/c1-22(2,3)29-21(28)26-7-6-18-16(24)9-13(12-27-18)15-10-14(23)11-17(25)20(15)19-5-4-8-30-19/h4-5,8-12H,6-7H2,1-3H3,(H,26,28). The molecule has 2 aromatic heterocycles. The molecule has 0 saturated carbocycles. The van der Waals surface area contributed by atoms with Crippen molar-refractivity contribution in [1.82, 2.24) is 10.3 Å². The molecular formula is C22H21ClF2N2O2S. The summed E-state index contributed by atoms with van der Waals surface area (Å²) in [6.07, 6.45) is 1.09. The van der Waals surface area contributed by atoms with Crippen molar-refractivity contribution >= 4 is 29.0 Å². The predicted octanol–water partition coefficient (Wildman–Crippen LogP) is 6.48. The second kappa shape index (κ2) is 9.10. The van der Waals surface area contributed by atoms with E-state index in [0.717, 1.165) is 0 Å². The number of hydrogen-bond donors (Lipinski definition) is 1. The molecule has 0 saturated heterocycles. The van der Waals surface area contributed by atoms with Gasteiger partial charge in [0.2, 0.25) is 0 Å². The zero-order valence-corrected chi connectivity index (χ0v) is 18.3. The van der Waals surface area contributed by atoms with Crippen LogP contribution in [0.4, 0.5) is 13.6 Å². The van der Waals surface area contributed by atoms with Gasteiger partial charge >= 0.3 is 6.09 Å². The van der Waals surface area contributed by atoms with Gasteiger partial charge in [-0.25, -0.2) is 13.6 Å². The van der Waals surface area contributed by atoms with Crippen molar-refractivity contribution in [2.24, 2.45) is 0 Å². The Labute approximate surface area is 182 Å². The number of aromatic nitrogens is 1. The first kappa shape index (κ1) is 22.2. The number of nitrogens with zero attached hydrogens (tertiary/aromatic N) is 1. The number of benzene rings is 1. The number of carbonyl (C=O) groups excluding carboxylic acids is 1. The molecule has 3 rings (SSSR count). The maximum atomic E-state index is 14.7. The minimum atomic E-state index is -0.609. The molecule has 30 heavy (non-hydrogen) atoms. The Morgan fingerprint density at radius 3 is 2.63 bits per heavy atom. The number of carbonyl (C=O) groups is 1. The van der Waals surface area contributed by atoms with Crippen molar-refractivity contribution in [1.29, 1.82) is 0 Å². The molecule has 158 valence electrons. The van der Waals surface area contributed by atoms with Crippen molar-refractivity contribution in [3.8, 4) is 21.6 Å². The monoisotopic (exact) mass is 450 g/mol. The Morgan fingerprint density at radius 1 is 1.23 bits per heavy atom. The van der Waals surface area contributed by atoms with Gasteiger partial charge in [0.15, 0.2) is 0 Å². The van der Waals surface area contributed by atoms with Crippen LogP contribution in [0.1, 0.15) is 26.5 Å². The Kier molecular flexibility index (Phi) is 6.73. The molecule has 0 aliphatic carbocycles. The minimum Gasteiger partial charge on any atom is -0.444 e. The van der Waals surface area contributed by atoms with Crippen molar-refractivity contribution < 1.29 is 18.3 Å². The molecule has 3 aromatic rings. The first-order valence-electron chi connectivity index (χ1n) is 9.28. The number of rotatable bonds is 5. The maximum absolute atomic E-state index is 14.7. The van der Waals surface area contributed by atoms with Crippen LogP contribution < -0.4 is 5.32 Å². The summed E-state index contributed by atoms with van der Waals surface area (Å²) in [7, 11) is 0. The highest BCUT2D eigenvalue weighted by Crippen LogP contribution is 2.38. The Hall–Kier alpha value is -2.51. The molecular weight excluding hydrogens is 430 g/mol. The summed E-state index contributed by atoms with van der Waals surface area (Å²) < 4.78 is 34.5. The van der Waals surface area contributed by atoms with Crippen LogP contribution >= 0.6 is 22.9 Å². The highest BCUT2D eigenvalue weighted by molar-refractivity contribution is 7.13. The lowest BCUT2D eigenvalue weighted by molar-refractivity contribution is 0.0528.